The fourth-order valence-electron chi connectivity index (χ4n) is 2.91. The summed E-state index contributed by atoms with van der Waals surface area (Å²) in [5.41, 5.74) is -0.719. The maximum atomic E-state index is 13.2. The molecular weight excluding hydrogens is 345 g/mol. The van der Waals surface area contributed by atoms with Crippen molar-refractivity contribution in [3.8, 4) is 6.07 Å². The Morgan fingerprint density at radius 1 is 1.31 bits per heavy atom. The van der Waals surface area contributed by atoms with Crippen LogP contribution in [0.3, 0.4) is 0 Å². The van der Waals surface area contributed by atoms with Crippen LogP contribution in [0.5, 0.6) is 0 Å². The van der Waals surface area contributed by atoms with Crippen LogP contribution in [0.15, 0.2) is 42.6 Å². The highest BCUT2D eigenvalue weighted by molar-refractivity contribution is 5.92. The smallest absolute Gasteiger partial charge is 0.380 e. The number of carbonyl (C=O) groups excluding carboxylic acids is 1. The summed E-state index contributed by atoms with van der Waals surface area (Å²) < 4.78 is 39.7. The maximum absolute atomic E-state index is 13.2. The molecule has 2 aromatic rings. The van der Waals surface area contributed by atoms with E-state index in [4.69, 9.17) is 5.26 Å². The number of halogens is 3. The monoisotopic (exact) mass is 360 g/mol. The number of amides is 1. The molecule has 1 aliphatic rings. The molecule has 3 rings (SSSR count). The van der Waals surface area contributed by atoms with Crippen LogP contribution in [0.4, 0.5) is 18.9 Å². The Morgan fingerprint density at radius 2 is 2.12 bits per heavy atom. The van der Waals surface area contributed by atoms with Crippen molar-refractivity contribution in [1.82, 2.24) is 9.88 Å². The third-order valence-corrected chi connectivity index (χ3v) is 4.17. The molecule has 1 saturated heterocycles. The van der Waals surface area contributed by atoms with Crippen molar-refractivity contribution in [1.29, 1.82) is 5.26 Å². The van der Waals surface area contributed by atoms with E-state index in [0.717, 1.165) is 6.07 Å². The van der Waals surface area contributed by atoms with Gasteiger partial charge in [0.25, 0.3) is 5.91 Å². The van der Waals surface area contributed by atoms with E-state index >= 15 is 0 Å². The number of alkyl halides is 3. The summed E-state index contributed by atoms with van der Waals surface area (Å²) >= 11 is 0. The summed E-state index contributed by atoms with van der Waals surface area (Å²) in [4.78, 5) is 17.9. The first-order valence-corrected chi connectivity index (χ1v) is 7.96. The van der Waals surface area contributed by atoms with Crippen LogP contribution >= 0.6 is 0 Å². The number of nitrogens with one attached hydrogen (secondary N) is 1. The Hall–Kier alpha value is -3.08. The van der Waals surface area contributed by atoms with Gasteiger partial charge in [0, 0.05) is 31.0 Å². The number of likely N-dealkylation sites (tertiary alicyclic amines) is 1. The standard InChI is InChI=1S/C18H15F3N4O/c19-18(20,21)14-9-12(10-22)4-5-15(14)24-13-6-8-25(11-13)17(26)16-3-1-2-7-23-16/h1-5,7,9,13,24H,6,8,11H2. The lowest BCUT2D eigenvalue weighted by molar-refractivity contribution is -0.137. The van der Waals surface area contributed by atoms with E-state index in [0.29, 0.717) is 18.7 Å². The van der Waals surface area contributed by atoms with Crippen molar-refractivity contribution in [2.75, 3.05) is 18.4 Å². The molecule has 1 aromatic carbocycles. The number of rotatable bonds is 3. The van der Waals surface area contributed by atoms with Gasteiger partial charge >= 0.3 is 6.18 Å². The number of nitriles is 1. The van der Waals surface area contributed by atoms with Gasteiger partial charge in [0.05, 0.1) is 17.2 Å². The predicted octanol–water partition coefficient (Wildman–Crippen LogP) is 3.30. The van der Waals surface area contributed by atoms with Gasteiger partial charge in [-0.3, -0.25) is 9.78 Å². The summed E-state index contributed by atoms with van der Waals surface area (Å²) in [5, 5.41) is 11.7. The number of carbonyl (C=O) groups is 1. The minimum atomic E-state index is -4.57. The van der Waals surface area contributed by atoms with Crippen LogP contribution in [0.2, 0.25) is 0 Å². The second-order valence-electron chi connectivity index (χ2n) is 5.97. The zero-order chi connectivity index (χ0) is 18.7. The Morgan fingerprint density at radius 3 is 2.77 bits per heavy atom. The highest BCUT2D eigenvalue weighted by atomic mass is 19.4. The van der Waals surface area contributed by atoms with Crippen molar-refractivity contribution in [3.05, 3.63) is 59.4 Å². The fraction of sp³-hybridized carbons (Fsp3) is 0.278. The summed E-state index contributed by atoms with van der Waals surface area (Å²) in [6.45, 7) is 0.720. The van der Waals surface area contributed by atoms with E-state index in [1.165, 1.54) is 18.3 Å². The fourth-order valence-corrected chi connectivity index (χ4v) is 2.91. The van der Waals surface area contributed by atoms with Gasteiger partial charge in [0.1, 0.15) is 5.69 Å². The molecule has 0 aliphatic carbocycles. The van der Waals surface area contributed by atoms with Crippen molar-refractivity contribution in [2.45, 2.75) is 18.6 Å². The molecule has 8 heteroatoms. The number of pyridine rings is 1. The molecule has 1 unspecified atom stereocenters. The Balaban J connectivity index is 1.73. The van der Waals surface area contributed by atoms with Gasteiger partial charge in [0.15, 0.2) is 0 Å². The normalized spacial score (nSPS) is 17.0. The van der Waals surface area contributed by atoms with Gasteiger partial charge in [-0.25, -0.2) is 0 Å². The topological polar surface area (TPSA) is 69.0 Å². The third-order valence-electron chi connectivity index (χ3n) is 4.17. The first-order chi connectivity index (χ1) is 12.4. The largest absolute Gasteiger partial charge is 0.418 e. The Kier molecular flexibility index (Phi) is 4.80. The van der Waals surface area contributed by atoms with Crippen LogP contribution in [-0.4, -0.2) is 34.9 Å². The van der Waals surface area contributed by atoms with E-state index < -0.39 is 11.7 Å². The lowest BCUT2D eigenvalue weighted by Crippen LogP contribution is -2.32. The summed E-state index contributed by atoms with van der Waals surface area (Å²) in [7, 11) is 0. The molecule has 26 heavy (non-hydrogen) atoms. The summed E-state index contributed by atoms with van der Waals surface area (Å²) in [6.07, 6.45) is -2.53. The molecule has 0 spiro atoms. The molecule has 0 bridgehead atoms. The van der Waals surface area contributed by atoms with Gasteiger partial charge in [-0.2, -0.15) is 18.4 Å². The van der Waals surface area contributed by atoms with Crippen LogP contribution < -0.4 is 5.32 Å². The molecule has 1 aliphatic heterocycles. The lowest BCUT2D eigenvalue weighted by Gasteiger charge is -2.20. The molecule has 1 fully saturated rings. The molecule has 2 heterocycles. The van der Waals surface area contributed by atoms with Crippen LogP contribution in [0, 0.1) is 11.3 Å². The van der Waals surface area contributed by atoms with Crippen molar-refractivity contribution in [2.24, 2.45) is 0 Å². The molecule has 1 atom stereocenters. The third kappa shape index (κ3) is 3.77. The average Bonchev–Trinajstić information content (AvgIpc) is 3.09. The minimum Gasteiger partial charge on any atom is -0.380 e. The van der Waals surface area contributed by atoms with Crippen LogP contribution in [0.1, 0.15) is 28.0 Å². The number of benzene rings is 1. The van der Waals surface area contributed by atoms with E-state index in [9.17, 15) is 18.0 Å². The molecule has 134 valence electrons. The molecule has 1 aromatic heterocycles. The van der Waals surface area contributed by atoms with E-state index in [1.807, 2.05) is 0 Å². The molecule has 5 nitrogen and oxygen atoms in total. The summed E-state index contributed by atoms with van der Waals surface area (Å²) in [6, 6.07) is 9.84. The number of anilines is 1. The Labute approximate surface area is 148 Å². The average molecular weight is 360 g/mol. The second kappa shape index (κ2) is 7.04. The molecule has 1 amide bonds. The highest BCUT2D eigenvalue weighted by Crippen LogP contribution is 2.36. The molecule has 0 saturated carbocycles. The van der Waals surface area contributed by atoms with Gasteiger partial charge in [0.2, 0.25) is 0 Å². The van der Waals surface area contributed by atoms with E-state index in [1.54, 1.807) is 29.2 Å². The van der Waals surface area contributed by atoms with Gasteiger partial charge in [-0.1, -0.05) is 6.07 Å². The van der Waals surface area contributed by atoms with E-state index in [2.05, 4.69) is 10.3 Å². The lowest BCUT2D eigenvalue weighted by atomic mass is 10.1. The first-order valence-electron chi connectivity index (χ1n) is 7.96. The zero-order valence-electron chi connectivity index (χ0n) is 13.6. The van der Waals surface area contributed by atoms with Gasteiger partial charge in [-0.05, 0) is 36.8 Å². The SMILES string of the molecule is N#Cc1ccc(NC2CCN(C(=O)c3ccccn3)C2)c(C(F)(F)F)c1. The van der Waals surface area contributed by atoms with Crippen LogP contribution in [-0.2, 0) is 6.18 Å². The number of hydrogen-bond acceptors (Lipinski definition) is 4. The van der Waals surface area contributed by atoms with Gasteiger partial charge < -0.3 is 10.2 Å². The maximum Gasteiger partial charge on any atom is 0.418 e. The Bertz CT molecular complexity index is 846. The van der Waals surface area contributed by atoms with Crippen molar-refractivity contribution < 1.29 is 18.0 Å². The second-order valence-corrected chi connectivity index (χ2v) is 5.97. The first kappa shape index (κ1) is 17.7. The summed E-state index contributed by atoms with van der Waals surface area (Å²) in [5.74, 6) is -0.245. The minimum absolute atomic E-state index is 0.0544. The molecule has 1 N–H and O–H groups in total. The zero-order valence-corrected chi connectivity index (χ0v) is 13.6. The molecule has 0 radical (unpaired) electrons. The number of aromatic nitrogens is 1. The van der Waals surface area contributed by atoms with Crippen molar-refractivity contribution in [3.63, 3.8) is 0 Å². The van der Waals surface area contributed by atoms with E-state index in [-0.39, 0.29) is 29.7 Å². The van der Waals surface area contributed by atoms with Crippen molar-refractivity contribution >= 4 is 11.6 Å². The number of hydrogen-bond donors (Lipinski definition) is 1. The quantitative estimate of drug-likeness (QED) is 0.912. The predicted molar refractivity (Wildman–Crippen MR) is 88.3 cm³/mol. The highest BCUT2D eigenvalue weighted by Gasteiger charge is 2.35. The van der Waals surface area contributed by atoms with Gasteiger partial charge in [-0.15, -0.1) is 0 Å². The van der Waals surface area contributed by atoms with Crippen LogP contribution in [0.25, 0.3) is 0 Å². The number of nitrogens with zero attached hydrogens (tertiary/aromatic N) is 3. The molecular formula is C18H15F3N4O.